The summed E-state index contributed by atoms with van der Waals surface area (Å²) in [4.78, 5) is 0. The van der Waals surface area contributed by atoms with Crippen molar-refractivity contribution in [1.82, 2.24) is 15.4 Å². The summed E-state index contributed by atoms with van der Waals surface area (Å²) in [5.74, 6) is 0.727. The van der Waals surface area contributed by atoms with Gasteiger partial charge in [-0.05, 0) is 0 Å². The van der Waals surface area contributed by atoms with Gasteiger partial charge in [-0.15, -0.1) is 10.2 Å². The molecule has 7 heteroatoms. The molecule has 2 rings (SSSR count). The Morgan fingerprint density at radius 3 is 3.08 bits per heavy atom. The Hall–Kier alpha value is -1.08. The second-order valence-corrected chi connectivity index (χ2v) is 4.42. The van der Waals surface area contributed by atoms with E-state index in [1.54, 1.807) is 18.0 Å². The van der Waals surface area contributed by atoms with Gasteiger partial charge in [-0.3, -0.25) is 0 Å². The topological polar surface area (TPSA) is 77.8 Å². The minimum atomic E-state index is 0.489. The summed E-state index contributed by atoms with van der Waals surface area (Å²) in [6.07, 6.45) is 1.55. The molecule has 0 amide bonds. The summed E-state index contributed by atoms with van der Waals surface area (Å²) in [5, 5.41) is 11.8. The van der Waals surface area contributed by atoms with E-state index in [2.05, 4.69) is 19.9 Å². The Morgan fingerprint density at radius 1 is 1.54 bits per heavy atom. The normalized spacial score (nSPS) is 10.5. The van der Waals surface area contributed by atoms with Crippen molar-refractivity contribution in [3.63, 3.8) is 0 Å². The highest BCUT2D eigenvalue weighted by atomic mass is 32.2. The molecule has 0 spiro atoms. The van der Waals surface area contributed by atoms with Gasteiger partial charge in [0.05, 0.1) is 5.69 Å². The number of anilines is 1. The SMILES string of the molecule is Nc1nnc(SCc2ccon2)s1. The van der Waals surface area contributed by atoms with Gasteiger partial charge >= 0.3 is 0 Å². The van der Waals surface area contributed by atoms with E-state index in [0.717, 1.165) is 15.8 Å². The molecule has 0 bridgehead atoms. The molecule has 13 heavy (non-hydrogen) atoms. The Morgan fingerprint density at radius 2 is 2.46 bits per heavy atom. The van der Waals surface area contributed by atoms with Crippen LogP contribution < -0.4 is 5.73 Å². The van der Waals surface area contributed by atoms with E-state index in [0.29, 0.717) is 5.13 Å². The highest BCUT2D eigenvalue weighted by Crippen LogP contribution is 2.25. The highest BCUT2D eigenvalue weighted by Gasteiger charge is 2.03. The second-order valence-electron chi connectivity index (χ2n) is 2.19. The predicted molar refractivity (Wildman–Crippen MR) is 50.4 cm³/mol. The Bertz CT molecular complexity index is 372. The first-order valence-electron chi connectivity index (χ1n) is 3.45. The Balaban J connectivity index is 1.93. The smallest absolute Gasteiger partial charge is 0.203 e. The zero-order valence-corrected chi connectivity index (χ0v) is 8.14. The Labute approximate surface area is 82.3 Å². The molecular weight excluding hydrogens is 208 g/mol. The van der Waals surface area contributed by atoms with Gasteiger partial charge in [0.25, 0.3) is 0 Å². The third-order valence-corrected chi connectivity index (χ3v) is 3.18. The summed E-state index contributed by atoms with van der Waals surface area (Å²) < 4.78 is 5.54. The van der Waals surface area contributed by atoms with Gasteiger partial charge in [-0.1, -0.05) is 28.3 Å². The predicted octanol–water partition coefficient (Wildman–Crippen LogP) is 1.40. The standard InChI is InChI=1S/C6H6N4OS2/c7-5-8-9-6(13-5)12-3-4-1-2-11-10-4/h1-2H,3H2,(H2,7,8). The fourth-order valence-corrected chi connectivity index (χ4v) is 2.26. The molecule has 5 nitrogen and oxygen atoms in total. The number of nitrogens with two attached hydrogens (primary N) is 1. The fraction of sp³-hybridized carbons (Fsp3) is 0.167. The molecule has 0 aliphatic rings. The minimum Gasteiger partial charge on any atom is -0.374 e. The largest absolute Gasteiger partial charge is 0.374 e. The average molecular weight is 214 g/mol. The molecule has 2 heterocycles. The van der Waals surface area contributed by atoms with Crippen LogP contribution in [0.15, 0.2) is 21.2 Å². The second kappa shape index (κ2) is 3.75. The molecule has 0 aliphatic heterocycles. The molecule has 0 atom stereocenters. The van der Waals surface area contributed by atoms with Gasteiger partial charge in [0.2, 0.25) is 5.13 Å². The third-order valence-electron chi connectivity index (χ3n) is 1.26. The van der Waals surface area contributed by atoms with Crippen LogP contribution in [-0.2, 0) is 5.75 Å². The van der Waals surface area contributed by atoms with Gasteiger partial charge in [0, 0.05) is 11.8 Å². The first-order valence-corrected chi connectivity index (χ1v) is 5.26. The number of hydrogen-bond donors (Lipinski definition) is 1. The van der Waals surface area contributed by atoms with Crippen molar-refractivity contribution in [1.29, 1.82) is 0 Å². The van der Waals surface area contributed by atoms with Crippen LogP contribution in [-0.4, -0.2) is 15.4 Å². The minimum absolute atomic E-state index is 0.489. The van der Waals surface area contributed by atoms with E-state index in [4.69, 9.17) is 5.73 Å². The van der Waals surface area contributed by atoms with Crippen molar-refractivity contribution in [2.24, 2.45) is 0 Å². The molecule has 0 saturated heterocycles. The lowest BCUT2D eigenvalue weighted by molar-refractivity contribution is 0.414. The number of rotatable bonds is 3. The molecule has 68 valence electrons. The lowest BCUT2D eigenvalue weighted by atomic mass is 10.5. The van der Waals surface area contributed by atoms with Crippen molar-refractivity contribution >= 4 is 28.2 Å². The first kappa shape index (κ1) is 8.52. The number of nitrogen functional groups attached to an aromatic ring is 1. The fourth-order valence-electron chi connectivity index (χ4n) is 0.726. The molecule has 0 aliphatic carbocycles. The molecule has 2 aromatic rings. The van der Waals surface area contributed by atoms with E-state index >= 15 is 0 Å². The zero-order chi connectivity index (χ0) is 9.10. The number of aromatic nitrogens is 3. The first-order chi connectivity index (χ1) is 6.34. The summed E-state index contributed by atoms with van der Waals surface area (Å²) in [5.41, 5.74) is 6.31. The molecule has 2 aromatic heterocycles. The Kier molecular flexibility index (Phi) is 2.46. The van der Waals surface area contributed by atoms with E-state index in [9.17, 15) is 0 Å². The van der Waals surface area contributed by atoms with Crippen molar-refractivity contribution in [2.75, 3.05) is 5.73 Å². The van der Waals surface area contributed by atoms with E-state index in [-0.39, 0.29) is 0 Å². The summed E-state index contributed by atoms with van der Waals surface area (Å²) in [6.45, 7) is 0. The van der Waals surface area contributed by atoms with Gasteiger partial charge in [0.1, 0.15) is 6.26 Å². The summed E-state index contributed by atoms with van der Waals surface area (Å²) in [6, 6.07) is 1.82. The van der Waals surface area contributed by atoms with Crippen molar-refractivity contribution in [3.05, 3.63) is 18.0 Å². The van der Waals surface area contributed by atoms with Crippen LogP contribution in [0.2, 0.25) is 0 Å². The van der Waals surface area contributed by atoms with Crippen molar-refractivity contribution in [2.45, 2.75) is 10.1 Å². The lowest BCUT2D eigenvalue weighted by Crippen LogP contribution is -1.80. The highest BCUT2D eigenvalue weighted by molar-refractivity contribution is 8.00. The van der Waals surface area contributed by atoms with Gasteiger partial charge in [0.15, 0.2) is 4.34 Å². The van der Waals surface area contributed by atoms with Gasteiger partial charge in [-0.2, -0.15) is 0 Å². The maximum Gasteiger partial charge on any atom is 0.203 e. The van der Waals surface area contributed by atoms with E-state index in [1.165, 1.54) is 11.3 Å². The van der Waals surface area contributed by atoms with Crippen LogP contribution in [0, 0.1) is 0 Å². The molecule has 0 fully saturated rings. The van der Waals surface area contributed by atoms with Gasteiger partial charge < -0.3 is 10.3 Å². The zero-order valence-electron chi connectivity index (χ0n) is 6.51. The van der Waals surface area contributed by atoms with Crippen molar-refractivity contribution < 1.29 is 4.52 Å². The maximum atomic E-state index is 5.42. The van der Waals surface area contributed by atoms with Crippen LogP contribution in [0.25, 0.3) is 0 Å². The quantitative estimate of drug-likeness (QED) is 0.778. The van der Waals surface area contributed by atoms with E-state index in [1.807, 2.05) is 6.07 Å². The molecule has 0 aromatic carbocycles. The van der Waals surface area contributed by atoms with Gasteiger partial charge in [-0.25, -0.2) is 0 Å². The monoisotopic (exact) mass is 214 g/mol. The molecule has 0 radical (unpaired) electrons. The van der Waals surface area contributed by atoms with Crippen molar-refractivity contribution in [3.8, 4) is 0 Å². The van der Waals surface area contributed by atoms with Crippen LogP contribution in [0.1, 0.15) is 5.69 Å². The molecule has 2 N–H and O–H groups in total. The van der Waals surface area contributed by atoms with E-state index < -0.39 is 0 Å². The molecular formula is C6H6N4OS2. The average Bonchev–Trinajstić information content (AvgIpc) is 2.71. The van der Waals surface area contributed by atoms with Crippen LogP contribution in [0.5, 0.6) is 0 Å². The number of nitrogens with zero attached hydrogens (tertiary/aromatic N) is 3. The van der Waals surface area contributed by atoms with Crippen LogP contribution in [0.3, 0.4) is 0 Å². The molecule has 0 saturated carbocycles. The summed E-state index contributed by atoms with van der Waals surface area (Å²) in [7, 11) is 0. The third kappa shape index (κ3) is 2.19. The van der Waals surface area contributed by atoms with Crippen LogP contribution in [0.4, 0.5) is 5.13 Å². The number of hydrogen-bond acceptors (Lipinski definition) is 7. The number of thioether (sulfide) groups is 1. The summed E-state index contributed by atoms with van der Waals surface area (Å²) >= 11 is 2.91. The van der Waals surface area contributed by atoms with Crippen LogP contribution >= 0.6 is 23.1 Å². The maximum absolute atomic E-state index is 5.42. The molecule has 0 unspecified atom stereocenters. The lowest BCUT2D eigenvalue weighted by Gasteiger charge is -1.89.